The highest BCUT2D eigenvalue weighted by atomic mass is 32.2. The molecule has 0 amide bonds. The molecule has 0 aromatic heterocycles. The van der Waals surface area contributed by atoms with Gasteiger partial charge in [-0.15, -0.1) is 0 Å². The SMILES string of the molecule is CC.CC.CC.CC.CC.CC.c1ccc([S+]2CCc3ccccc32)cc1.c1ccc([S+]2c3ccccc3Cc3ccccc32)cc1. The van der Waals surface area contributed by atoms with Gasteiger partial charge in [0.05, 0.1) is 21.8 Å². The van der Waals surface area contributed by atoms with Crippen molar-refractivity contribution in [2.75, 3.05) is 5.75 Å². The summed E-state index contributed by atoms with van der Waals surface area (Å²) in [5.74, 6) is 1.30. The zero-order valence-electron chi connectivity index (χ0n) is 31.6. The summed E-state index contributed by atoms with van der Waals surface area (Å²) in [6.45, 7) is 24.0. The van der Waals surface area contributed by atoms with Crippen molar-refractivity contribution in [2.24, 2.45) is 0 Å². The smallest absolute Gasteiger partial charge is 0.0683 e. The van der Waals surface area contributed by atoms with Gasteiger partial charge < -0.3 is 0 Å². The Morgan fingerprint density at radius 2 is 0.681 bits per heavy atom. The predicted molar refractivity (Wildman–Crippen MR) is 218 cm³/mol. The van der Waals surface area contributed by atoms with Gasteiger partial charge in [-0.25, -0.2) is 0 Å². The molecule has 0 spiro atoms. The van der Waals surface area contributed by atoms with Crippen LogP contribution < -0.4 is 0 Å². The maximum absolute atomic E-state index is 2.29. The second-order valence-corrected chi connectivity index (χ2v) is 12.8. The van der Waals surface area contributed by atoms with Gasteiger partial charge in [-0.2, -0.15) is 0 Å². The zero-order valence-corrected chi connectivity index (χ0v) is 33.3. The van der Waals surface area contributed by atoms with E-state index in [1.807, 2.05) is 83.1 Å². The van der Waals surface area contributed by atoms with Crippen molar-refractivity contribution in [3.63, 3.8) is 0 Å². The molecule has 2 aliphatic heterocycles. The van der Waals surface area contributed by atoms with Crippen LogP contribution in [-0.4, -0.2) is 5.75 Å². The van der Waals surface area contributed by atoms with Crippen LogP contribution in [0, 0.1) is 0 Å². The van der Waals surface area contributed by atoms with E-state index in [0.29, 0.717) is 10.9 Å². The Balaban J connectivity index is 0.000000698. The van der Waals surface area contributed by atoms with Gasteiger partial charge in [0.1, 0.15) is 5.75 Å². The molecule has 0 N–H and O–H groups in total. The molecule has 1 atom stereocenters. The van der Waals surface area contributed by atoms with Gasteiger partial charge in [-0.05, 0) is 42.5 Å². The van der Waals surface area contributed by atoms with Gasteiger partial charge >= 0.3 is 0 Å². The lowest BCUT2D eigenvalue weighted by atomic mass is 10.0. The standard InChI is InChI=1S/C19H15S.C14H13S.6C2H6/c1-2-10-17(11-3-1)20-18-12-6-4-8-15(18)14-16-9-5-7-13-19(16)20;1-2-7-13(8-3-1)15-11-10-12-6-4-5-9-14(12)15;6*1-2/h1-13H,14H2;1-9H,10-11H2;6*1-2H3/q2*+1;;;;;;. The summed E-state index contributed by atoms with van der Waals surface area (Å²) in [6, 6.07) is 48.4. The third-order valence-electron chi connectivity index (χ3n) is 6.59. The van der Waals surface area contributed by atoms with Crippen molar-refractivity contribution in [2.45, 2.75) is 120 Å². The molecule has 2 aliphatic rings. The Hall–Kier alpha value is -3.20. The van der Waals surface area contributed by atoms with Crippen LogP contribution in [0.2, 0.25) is 0 Å². The van der Waals surface area contributed by atoms with E-state index in [4.69, 9.17) is 0 Å². The van der Waals surface area contributed by atoms with E-state index in [2.05, 4.69) is 133 Å². The molecule has 254 valence electrons. The average Bonchev–Trinajstić information content (AvgIpc) is 3.64. The fourth-order valence-electron chi connectivity index (χ4n) is 4.93. The van der Waals surface area contributed by atoms with Gasteiger partial charge in [-0.3, -0.25) is 0 Å². The highest BCUT2D eigenvalue weighted by Crippen LogP contribution is 2.40. The van der Waals surface area contributed by atoms with E-state index < -0.39 is 0 Å². The third kappa shape index (κ3) is 12.7. The molecule has 0 saturated carbocycles. The van der Waals surface area contributed by atoms with Crippen LogP contribution in [0.1, 0.15) is 99.8 Å². The third-order valence-corrected chi connectivity index (χ3v) is 11.4. The van der Waals surface area contributed by atoms with Gasteiger partial charge in [-0.1, -0.05) is 174 Å². The molecule has 0 radical (unpaired) electrons. The van der Waals surface area contributed by atoms with Crippen molar-refractivity contribution in [1.29, 1.82) is 0 Å². The zero-order chi connectivity index (χ0) is 35.5. The quantitative estimate of drug-likeness (QED) is 0.161. The molecule has 1 unspecified atom stereocenters. The van der Waals surface area contributed by atoms with Crippen molar-refractivity contribution >= 4 is 21.8 Å². The number of rotatable bonds is 2. The minimum absolute atomic E-state index is 0.0421. The summed E-state index contributed by atoms with van der Waals surface area (Å²) in [4.78, 5) is 7.42. The van der Waals surface area contributed by atoms with E-state index in [1.54, 1.807) is 10.5 Å². The van der Waals surface area contributed by atoms with Crippen molar-refractivity contribution in [3.05, 3.63) is 150 Å². The maximum atomic E-state index is 2.29. The van der Waals surface area contributed by atoms with Gasteiger partial charge in [0.2, 0.25) is 0 Å². The number of fused-ring (bicyclic) bond motifs is 3. The molecule has 7 rings (SSSR count). The summed E-state index contributed by atoms with van der Waals surface area (Å²) in [7, 11) is 0.376. The number of hydrogen-bond acceptors (Lipinski definition) is 0. The molecule has 0 aliphatic carbocycles. The minimum Gasteiger partial charge on any atom is -0.0683 e. The minimum atomic E-state index is 0.0421. The lowest BCUT2D eigenvalue weighted by Gasteiger charge is -2.19. The molecule has 0 saturated heterocycles. The van der Waals surface area contributed by atoms with Gasteiger partial charge in [0.15, 0.2) is 24.5 Å². The molecular formula is C45H64S2+2. The van der Waals surface area contributed by atoms with Crippen molar-refractivity contribution < 1.29 is 0 Å². The summed E-state index contributed by atoms with van der Waals surface area (Å²) in [5, 5.41) is 0. The Morgan fingerprint density at radius 1 is 0.340 bits per heavy atom. The van der Waals surface area contributed by atoms with Crippen LogP contribution in [0.15, 0.2) is 158 Å². The summed E-state index contributed by atoms with van der Waals surface area (Å²) in [6.07, 6.45) is 2.30. The van der Waals surface area contributed by atoms with Crippen LogP contribution >= 0.6 is 0 Å². The van der Waals surface area contributed by atoms with E-state index >= 15 is 0 Å². The normalized spacial score (nSPS) is 12.6. The number of hydrogen-bond donors (Lipinski definition) is 0. The summed E-state index contributed by atoms with van der Waals surface area (Å²) >= 11 is 0. The first-order chi connectivity index (χ1) is 23.4. The first kappa shape index (κ1) is 43.8. The molecule has 0 nitrogen and oxygen atoms in total. The van der Waals surface area contributed by atoms with E-state index in [-0.39, 0.29) is 10.9 Å². The fourth-order valence-corrected chi connectivity index (χ4v) is 9.69. The summed E-state index contributed by atoms with van der Waals surface area (Å²) < 4.78 is 0. The summed E-state index contributed by atoms with van der Waals surface area (Å²) in [5.41, 5.74) is 4.49. The molecule has 2 heteroatoms. The van der Waals surface area contributed by atoms with Crippen LogP contribution in [0.5, 0.6) is 0 Å². The molecule has 0 bridgehead atoms. The lowest BCUT2D eigenvalue weighted by Crippen LogP contribution is -2.15. The van der Waals surface area contributed by atoms with Crippen LogP contribution in [0.4, 0.5) is 0 Å². The largest absolute Gasteiger partial charge is 0.170 e. The predicted octanol–water partition coefficient (Wildman–Crippen LogP) is 14.1. The molecule has 0 fully saturated rings. The van der Waals surface area contributed by atoms with E-state index in [1.165, 1.54) is 42.9 Å². The molecular weight excluding hydrogens is 605 g/mol. The first-order valence-electron chi connectivity index (χ1n) is 18.2. The second kappa shape index (κ2) is 27.9. The first-order valence-corrected chi connectivity index (χ1v) is 20.8. The maximum Gasteiger partial charge on any atom is 0.170 e. The average molecular weight is 669 g/mol. The topological polar surface area (TPSA) is 0 Å². The van der Waals surface area contributed by atoms with Gasteiger partial charge in [0.25, 0.3) is 0 Å². The number of benzene rings is 5. The molecule has 47 heavy (non-hydrogen) atoms. The van der Waals surface area contributed by atoms with E-state index in [0.717, 1.165) is 6.42 Å². The second-order valence-electron chi connectivity index (χ2n) is 8.78. The lowest BCUT2D eigenvalue weighted by molar-refractivity contribution is 1.04. The number of aryl methyl sites for hydroxylation is 1. The fraction of sp³-hybridized carbons (Fsp3) is 0.333. The Bertz CT molecular complexity index is 1380. The van der Waals surface area contributed by atoms with Crippen molar-refractivity contribution in [1.82, 2.24) is 0 Å². The van der Waals surface area contributed by atoms with Crippen molar-refractivity contribution in [3.8, 4) is 0 Å². The Kier molecular flexibility index (Phi) is 26.0. The highest BCUT2D eigenvalue weighted by molar-refractivity contribution is 7.97. The molecule has 5 aromatic rings. The monoisotopic (exact) mass is 668 g/mol. The van der Waals surface area contributed by atoms with Crippen LogP contribution in [0.3, 0.4) is 0 Å². The van der Waals surface area contributed by atoms with Gasteiger partial charge in [0, 0.05) is 29.5 Å². The Labute approximate surface area is 296 Å². The highest BCUT2D eigenvalue weighted by Gasteiger charge is 2.36. The molecule has 2 heterocycles. The van der Waals surface area contributed by atoms with E-state index in [9.17, 15) is 0 Å². The Morgan fingerprint density at radius 3 is 1.13 bits per heavy atom. The molecule has 5 aromatic carbocycles. The van der Waals surface area contributed by atoms with Crippen LogP contribution in [0.25, 0.3) is 0 Å². The van der Waals surface area contributed by atoms with Crippen LogP contribution in [-0.2, 0) is 34.6 Å².